The summed E-state index contributed by atoms with van der Waals surface area (Å²) in [7, 11) is 0. The maximum Gasteiger partial charge on any atom is 0.490 e. The van der Waals surface area contributed by atoms with Gasteiger partial charge in [0.2, 0.25) is 0 Å². The number of benzene rings is 1. The summed E-state index contributed by atoms with van der Waals surface area (Å²) in [5.74, 6) is -2.76. The molecule has 1 aromatic carbocycles. The molecule has 0 atom stereocenters. The average molecular weight is 310 g/mol. The van der Waals surface area contributed by atoms with Crippen molar-refractivity contribution in [1.82, 2.24) is 19.5 Å². The van der Waals surface area contributed by atoms with E-state index in [1.165, 1.54) is 0 Å². The number of fused-ring (bicyclic) bond motifs is 1. The Bertz CT molecular complexity index is 772. The largest absolute Gasteiger partial charge is 0.490 e. The molecule has 6 nitrogen and oxygen atoms in total. The summed E-state index contributed by atoms with van der Waals surface area (Å²) in [6, 6.07) is 5.94. The normalized spacial score (nSPS) is 10.9. The van der Waals surface area contributed by atoms with Crippen LogP contribution in [0.1, 0.15) is 0 Å². The predicted molar refractivity (Wildman–Crippen MR) is 70.4 cm³/mol. The van der Waals surface area contributed by atoms with Crippen LogP contribution in [0.3, 0.4) is 0 Å². The standard InChI is InChI=1S/C11H8N4.C2HF3O2/c1-2-10-11(14-4-3-13-10)7-9(1)15-6-5-12-8-15;3-2(4,5)1(6)7/h1-8H;(H,6,7). The molecule has 0 radical (unpaired) electrons. The lowest BCUT2D eigenvalue weighted by Crippen LogP contribution is -2.21. The molecule has 0 bridgehead atoms. The molecule has 0 aliphatic carbocycles. The zero-order valence-electron chi connectivity index (χ0n) is 10.9. The van der Waals surface area contributed by atoms with Gasteiger partial charge < -0.3 is 9.67 Å². The van der Waals surface area contributed by atoms with Crippen LogP contribution in [0.5, 0.6) is 0 Å². The monoisotopic (exact) mass is 310 g/mol. The van der Waals surface area contributed by atoms with Crippen LogP contribution in [0.15, 0.2) is 49.3 Å². The van der Waals surface area contributed by atoms with Gasteiger partial charge in [0.1, 0.15) is 0 Å². The minimum Gasteiger partial charge on any atom is -0.475 e. The number of alkyl halides is 3. The van der Waals surface area contributed by atoms with Crippen molar-refractivity contribution in [3.8, 4) is 5.69 Å². The SMILES string of the molecule is O=C(O)C(F)(F)F.c1cn(-c2ccc3nccnc3c2)cn1. The van der Waals surface area contributed by atoms with Crippen molar-refractivity contribution in [3.63, 3.8) is 0 Å². The van der Waals surface area contributed by atoms with Crippen molar-refractivity contribution >= 4 is 17.0 Å². The van der Waals surface area contributed by atoms with Gasteiger partial charge in [0.25, 0.3) is 0 Å². The first-order valence-electron chi connectivity index (χ1n) is 5.87. The van der Waals surface area contributed by atoms with Crippen LogP contribution in [0.25, 0.3) is 16.7 Å². The number of rotatable bonds is 1. The van der Waals surface area contributed by atoms with Crippen molar-refractivity contribution in [1.29, 1.82) is 0 Å². The highest BCUT2D eigenvalue weighted by molar-refractivity contribution is 5.76. The molecule has 22 heavy (non-hydrogen) atoms. The molecular weight excluding hydrogens is 301 g/mol. The van der Waals surface area contributed by atoms with E-state index in [0.717, 1.165) is 16.7 Å². The van der Waals surface area contributed by atoms with Gasteiger partial charge in [-0.1, -0.05) is 0 Å². The molecule has 0 spiro atoms. The van der Waals surface area contributed by atoms with Crippen molar-refractivity contribution in [3.05, 3.63) is 49.3 Å². The second-order valence-electron chi connectivity index (χ2n) is 4.00. The van der Waals surface area contributed by atoms with Gasteiger partial charge in [-0.25, -0.2) is 9.78 Å². The van der Waals surface area contributed by atoms with E-state index in [2.05, 4.69) is 15.0 Å². The molecule has 0 aliphatic rings. The predicted octanol–water partition coefficient (Wildman–Crippen LogP) is 2.45. The number of imidazole rings is 1. The van der Waals surface area contributed by atoms with Crippen molar-refractivity contribution in [2.24, 2.45) is 0 Å². The summed E-state index contributed by atoms with van der Waals surface area (Å²) < 4.78 is 33.7. The van der Waals surface area contributed by atoms with Crippen LogP contribution >= 0.6 is 0 Å². The van der Waals surface area contributed by atoms with Crippen molar-refractivity contribution in [2.75, 3.05) is 0 Å². The second-order valence-corrected chi connectivity index (χ2v) is 4.00. The fourth-order valence-corrected chi connectivity index (χ4v) is 1.52. The fourth-order valence-electron chi connectivity index (χ4n) is 1.52. The van der Waals surface area contributed by atoms with E-state index in [1.807, 2.05) is 29.0 Å². The third kappa shape index (κ3) is 3.78. The van der Waals surface area contributed by atoms with Gasteiger partial charge in [-0.05, 0) is 18.2 Å². The third-order valence-electron chi connectivity index (χ3n) is 2.50. The Kier molecular flexibility index (Phi) is 4.35. The molecule has 3 aromatic rings. The number of carboxylic acid groups (broad SMARTS) is 1. The van der Waals surface area contributed by atoms with E-state index in [0.29, 0.717) is 0 Å². The Hall–Kier alpha value is -2.97. The van der Waals surface area contributed by atoms with Crippen LogP contribution < -0.4 is 0 Å². The van der Waals surface area contributed by atoms with Gasteiger partial charge in [0.15, 0.2) is 0 Å². The number of carbonyl (C=O) groups is 1. The number of aromatic nitrogens is 4. The highest BCUT2D eigenvalue weighted by Gasteiger charge is 2.38. The molecule has 0 saturated heterocycles. The first-order valence-corrected chi connectivity index (χ1v) is 5.87. The summed E-state index contributed by atoms with van der Waals surface area (Å²) in [5, 5.41) is 7.12. The van der Waals surface area contributed by atoms with Gasteiger partial charge in [-0.2, -0.15) is 13.2 Å². The van der Waals surface area contributed by atoms with Crippen LogP contribution in [-0.2, 0) is 4.79 Å². The lowest BCUT2D eigenvalue weighted by atomic mass is 10.2. The second kappa shape index (κ2) is 6.20. The molecular formula is C13H9F3N4O2. The molecule has 0 saturated carbocycles. The van der Waals surface area contributed by atoms with Gasteiger partial charge in [-0.3, -0.25) is 9.97 Å². The van der Waals surface area contributed by atoms with Gasteiger partial charge in [-0.15, -0.1) is 0 Å². The van der Waals surface area contributed by atoms with Crippen molar-refractivity contribution < 1.29 is 23.1 Å². The molecule has 0 amide bonds. The number of aliphatic carboxylic acids is 1. The smallest absolute Gasteiger partial charge is 0.475 e. The molecule has 114 valence electrons. The first kappa shape index (κ1) is 15.4. The van der Waals surface area contributed by atoms with Crippen LogP contribution in [0.2, 0.25) is 0 Å². The molecule has 2 aromatic heterocycles. The quantitative estimate of drug-likeness (QED) is 0.746. The molecule has 1 N–H and O–H groups in total. The molecule has 3 rings (SSSR count). The highest BCUT2D eigenvalue weighted by atomic mass is 19.4. The van der Waals surface area contributed by atoms with Crippen LogP contribution in [0.4, 0.5) is 13.2 Å². The number of halogens is 3. The Morgan fingerprint density at radius 3 is 2.27 bits per heavy atom. The van der Waals surface area contributed by atoms with E-state index >= 15 is 0 Å². The Labute approximate surface area is 121 Å². The zero-order chi connectivity index (χ0) is 16.2. The molecule has 0 unspecified atom stereocenters. The van der Waals surface area contributed by atoms with Crippen LogP contribution in [0, 0.1) is 0 Å². The molecule has 9 heteroatoms. The minimum absolute atomic E-state index is 0.892. The Balaban J connectivity index is 0.000000217. The third-order valence-corrected chi connectivity index (χ3v) is 2.50. The number of carboxylic acids is 1. The van der Waals surface area contributed by atoms with E-state index in [-0.39, 0.29) is 0 Å². The molecule has 2 heterocycles. The fraction of sp³-hybridized carbons (Fsp3) is 0.0769. The van der Waals surface area contributed by atoms with E-state index in [4.69, 9.17) is 9.90 Å². The highest BCUT2D eigenvalue weighted by Crippen LogP contribution is 2.14. The van der Waals surface area contributed by atoms with Gasteiger partial charge in [0.05, 0.1) is 17.4 Å². The summed E-state index contributed by atoms with van der Waals surface area (Å²) in [4.78, 5) is 21.4. The molecule has 0 fully saturated rings. The van der Waals surface area contributed by atoms with E-state index < -0.39 is 12.1 Å². The summed E-state index contributed by atoms with van der Waals surface area (Å²) in [5.41, 5.74) is 2.84. The molecule has 0 aliphatic heterocycles. The van der Waals surface area contributed by atoms with Crippen LogP contribution in [-0.4, -0.2) is 36.8 Å². The number of nitrogens with zero attached hydrogens (tertiary/aromatic N) is 4. The Morgan fingerprint density at radius 1 is 1.09 bits per heavy atom. The van der Waals surface area contributed by atoms with Crippen molar-refractivity contribution in [2.45, 2.75) is 6.18 Å². The summed E-state index contributed by atoms with van der Waals surface area (Å²) >= 11 is 0. The summed E-state index contributed by atoms with van der Waals surface area (Å²) in [6.07, 6.45) is 3.72. The van der Waals surface area contributed by atoms with E-state index in [9.17, 15) is 13.2 Å². The topological polar surface area (TPSA) is 80.9 Å². The maximum atomic E-state index is 10.6. The minimum atomic E-state index is -5.08. The average Bonchev–Trinajstić information content (AvgIpc) is 3.00. The number of hydrogen-bond donors (Lipinski definition) is 1. The summed E-state index contributed by atoms with van der Waals surface area (Å²) in [6.45, 7) is 0. The Morgan fingerprint density at radius 2 is 1.73 bits per heavy atom. The maximum absolute atomic E-state index is 10.6. The van der Waals surface area contributed by atoms with Gasteiger partial charge >= 0.3 is 12.1 Å². The lowest BCUT2D eigenvalue weighted by molar-refractivity contribution is -0.192. The lowest BCUT2D eigenvalue weighted by Gasteiger charge is -2.02. The van der Waals surface area contributed by atoms with Gasteiger partial charge in [0, 0.05) is 30.5 Å². The first-order chi connectivity index (χ1) is 10.4. The van der Waals surface area contributed by atoms with E-state index in [1.54, 1.807) is 24.9 Å². The number of hydrogen-bond acceptors (Lipinski definition) is 4. The zero-order valence-corrected chi connectivity index (χ0v) is 10.9.